The van der Waals surface area contributed by atoms with Crippen molar-refractivity contribution in [3.8, 4) is 0 Å². The van der Waals surface area contributed by atoms with Gasteiger partial charge in [-0.2, -0.15) is 0 Å². The zero-order valence-corrected chi connectivity index (χ0v) is 7.69. The molecule has 1 N–H and O–H groups in total. The van der Waals surface area contributed by atoms with Gasteiger partial charge in [-0.15, -0.1) is 0 Å². The van der Waals surface area contributed by atoms with Crippen LogP contribution in [0.4, 0.5) is 0 Å². The summed E-state index contributed by atoms with van der Waals surface area (Å²) in [6.07, 6.45) is 8.07. The van der Waals surface area contributed by atoms with E-state index in [9.17, 15) is 5.11 Å². The highest BCUT2D eigenvalue weighted by atomic mass is 16.3. The molecule has 1 aliphatic carbocycles. The minimum atomic E-state index is -0.295. The van der Waals surface area contributed by atoms with Gasteiger partial charge in [0.05, 0.1) is 6.10 Å². The van der Waals surface area contributed by atoms with Crippen molar-refractivity contribution < 1.29 is 5.11 Å². The molecule has 1 heterocycles. The number of hydrogen-bond acceptors (Lipinski definition) is 2. The molecule has 70 valence electrons. The zero-order valence-electron chi connectivity index (χ0n) is 7.69. The predicted octanol–water partition coefficient (Wildman–Crippen LogP) is 2.31. The summed E-state index contributed by atoms with van der Waals surface area (Å²) in [7, 11) is 0. The van der Waals surface area contributed by atoms with Gasteiger partial charge in [-0.3, -0.25) is 4.98 Å². The van der Waals surface area contributed by atoms with E-state index >= 15 is 0 Å². The summed E-state index contributed by atoms with van der Waals surface area (Å²) in [5.41, 5.74) is 0.967. The van der Waals surface area contributed by atoms with Crippen LogP contribution in [-0.4, -0.2) is 10.1 Å². The first-order valence-corrected chi connectivity index (χ1v) is 4.96. The average Bonchev–Trinajstić information content (AvgIpc) is 2.71. The second kappa shape index (κ2) is 3.88. The second-order valence-electron chi connectivity index (χ2n) is 3.78. The monoisotopic (exact) mass is 177 g/mol. The van der Waals surface area contributed by atoms with Gasteiger partial charge in [0, 0.05) is 12.4 Å². The summed E-state index contributed by atoms with van der Waals surface area (Å²) >= 11 is 0. The Morgan fingerprint density at radius 2 is 2.15 bits per heavy atom. The number of nitrogens with zero attached hydrogens (tertiary/aromatic N) is 1. The van der Waals surface area contributed by atoms with Crippen LogP contribution in [0, 0.1) is 5.92 Å². The SMILES string of the molecule is OC(c1cccnc1)C1CCCC1. The lowest BCUT2D eigenvalue weighted by Crippen LogP contribution is -2.08. The van der Waals surface area contributed by atoms with E-state index in [1.807, 2.05) is 12.1 Å². The quantitative estimate of drug-likeness (QED) is 0.752. The standard InChI is InChI=1S/C11H15NO/c13-11(9-4-1-2-5-9)10-6-3-7-12-8-10/h3,6-9,11,13H,1-2,4-5H2. The Labute approximate surface area is 78.6 Å². The predicted molar refractivity (Wildman–Crippen MR) is 51.2 cm³/mol. The lowest BCUT2D eigenvalue weighted by atomic mass is 9.96. The molecule has 2 rings (SSSR count). The molecule has 0 amide bonds. The first-order chi connectivity index (χ1) is 6.38. The van der Waals surface area contributed by atoms with Crippen LogP contribution in [-0.2, 0) is 0 Å². The molecular weight excluding hydrogens is 162 g/mol. The molecule has 1 aromatic rings. The fraction of sp³-hybridized carbons (Fsp3) is 0.545. The molecule has 1 unspecified atom stereocenters. The highest BCUT2D eigenvalue weighted by Gasteiger charge is 2.24. The number of rotatable bonds is 2. The molecule has 1 atom stereocenters. The van der Waals surface area contributed by atoms with Crippen LogP contribution in [0.15, 0.2) is 24.5 Å². The van der Waals surface area contributed by atoms with Gasteiger partial charge in [-0.05, 0) is 30.4 Å². The van der Waals surface area contributed by atoms with Crippen LogP contribution in [0.25, 0.3) is 0 Å². The van der Waals surface area contributed by atoms with Crippen molar-refractivity contribution in [1.82, 2.24) is 4.98 Å². The lowest BCUT2D eigenvalue weighted by Gasteiger charge is -2.17. The molecule has 13 heavy (non-hydrogen) atoms. The third kappa shape index (κ3) is 1.89. The van der Waals surface area contributed by atoms with Gasteiger partial charge in [0.2, 0.25) is 0 Å². The third-order valence-electron chi connectivity index (χ3n) is 2.87. The molecule has 0 spiro atoms. The van der Waals surface area contributed by atoms with E-state index in [4.69, 9.17) is 0 Å². The topological polar surface area (TPSA) is 33.1 Å². The van der Waals surface area contributed by atoms with Crippen LogP contribution in [0.3, 0.4) is 0 Å². The van der Waals surface area contributed by atoms with Crippen molar-refractivity contribution in [3.63, 3.8) is 0 Å². The molecule has 1 saturated carbocycles. The Kier molecular flexibility index (Phi) is 2.60. The smallest absolute Gasteiger partial charge is 0.0833 e. The summed E-state index contributed by atoms with van der Waals surface area (Å²) in [5.74, 6) is 0.462. The molecule has 1 aliphatic rings. The largest absolute Gasteiger partial charge is 0.388 e. The Bertz CT molecular complexity index is 254. The maximum atomic E-state index is 9.98. The number of aromatic nitrogens is 1. The van der Waals surface area contributed by atoms with Gasteiger partial charge in [0.25, 0.3) is 0 Å². The van der Waals surface area contributed by atoms with Crippen molar-refractivity contribution in [2.75, 3.05) is 0 Å². The summed E-state index contributed by atoms with van der Waals surface area (Å²) in [6.45, 7) is 0. The summed E-state index contributed by atoms with van der Waals surface area (Å²) in [6, 6.07) is 3.84. The van der Waals surface area contributed by atoms with Gasteiger partial charge in [0.15, 0.2) is 0 Å². The van der Waals surface area contributed by atoms with Gasteiger partial charge in [-0.25, -0.2) is 0 Å². The first kappa shape index (κ1) is 8.70. The van der Waals surface area contributed by atoms with Gasteiger partial charge in [0.1, 0.15) is 0 Å². The number of aliphatic hydroxyl groups is 1. The average molecular weight is 177 g/mol. The van der Waals surface area contributed by atoms with Crippen LogP contribution in [0.2, 0.25) is 0 Å². The van der Waals surface area contributed by atoms with Crippen molar-refractivity contribution in [2.45, 2.75) is 31.8 Å². The molecule has 0 aliphatic heterocycles. The molecule has 2 nitrogen and oxygen atoms in total. The van der Waals surface area contributed by atoms with Crippen molar-refractivity contribution in [2.24, 2.45) is 5.92 Å². The summed E-state index contributed by atoms with van der Waals surface area (Å²) in [4.78, 5) is 4.02. The maximum Gasteiger partial charge on any atom is 0.0833 e. The highest BCUT2D eigenvalue weighted by Crippen LogP contribution is 2.34. The Hall–Kier alpha value is -0.890. The van der Waals surface area contributed by atoms with Crippen LogP contribution < -0.4 is 0 Å². The van der Waals surface area contributed by atoms with Crippen LogP contribution in [0.1, 0.15) is 37.4 Å². The van der Waals surface area contributed by atoms with E-state index in [0.717, 1.165) is 18.4 Å². The van der Waals surface area contributed by atoms with E-state index < -0.39 is 0 Å². The highest BCUT2D eigenvalue weighted by molar-refractivity contribution is 5.12. The zero-order chi connectivity index (χ0) is 9.10. The first-order valence-electron chi connectivity index (χ1n) is 4.96. The van der Waals surface area contributed by atoms with Gasteiger partial charge in [-0.1, -0.05) is 18.9 Å². The second-order valence-corrected chi connectivity index (χ2v) is 3.78. The fourth-order valence-corrected chi connectivity index (χ4v) is 2.10. The number of pyridine rings is 1. The maximum absolute atomic E-state index is 9.98. The normalized spacial score (nSPS) is 20.4. The van der Waals surface area contributed by atoms with E-state index in [1.54, 1.807) is 12.4 Å². The van der Waals surface area contributed by atoms with Gasteiger partial charge < -0.3 is 5.11 Å². The third-order valence-corrected chi connectivity index (χ3v) is 2.87. The molecule has 0 bridgehead atoms. The van der Waals surface area contributed by atoms with E-state index in [-0.39, 0.29) is 6.10 Å². The minimum Gasteiger partial charge on any atom is -0.388 e. The Morgan fingerprint density at radius 3 is 2.77 bits per heavy atom. The molecule has 0 aromatic carbocycles. The molecule has 1 aromatic heterocycles. The number of aliphatic hydroxyl groups excluding tert-OH is 1. The van der Waals surface area contributed by atoms with Crippen LogP contribution >= 0.6 is 0 Å². The minimum absolute atomic E-state index is 0.295. The Balaban J connectivity index is 2.08. The number of hydrogen-bond donors (Lipinski definition) is 1. The Morgan fingerprint density at radius 1 is 1.38 bits per heavy atom. The lowest BCUT2D eigenvalue weighted by molar-refractivity contribution is 0.111. The summed E-state index contributed by atoms with van der Waals surface area (Å²) < 4.78 is 0. The van der Waals surface area contributed by atoms with E-state index in [0.29, 0.717) is 5.92 Å². The molecule has 1 fully saturated rings. The van der Waals surface area contributed by atoms with Crippen molar-refractivity contribution in [3.05, 3.63) is 30.1 Å². The molecule has 0 saturated heterocycles. The van der Waals surface area contributed by atoms with E-state index in [1.165, 1.54) is 12.8 Å². The fourth-order valence-electron chi connectivity index (χ4n) is 2.10. The van der Waals surface area contributed by atoms with Crippen molar-refractivity contribution >= 4 is 0 Å². The molecule has 2 heteroatoms. The molecular formula is C11H15NO. The molecule has 0 radical (unpaired) electrons. The van der Waals surface area contributed by atoms with Crippen molar-refractivity contribution in [1.29, 1.82) is 0 Å². The summed E-state index contributed by atoms with van der Waals surface area (Å²) in [5, 5.41) is 9.98. The van der Waals surface area contributed by atoms with Crippen LogP contribution in [0.5, 0.6) is 0 Å². The van der Waals surface area contributed by atoms with Gasteiger partial charge >= 0.3 is 0 Å². The van der Waals surface area contributed by atoms with E-state index in [2.05, 4.69) is 4.98 Å².